The zero-order valence-corrected chi connectivity index (χ0v) is 11.2. The smallest absolute Gasteiger partial charge is 0.224 e. The lowest BCUT2D eigenvalue weighted by Gasteiger charge is -2.04. The topological polar surface area (TPSA) is 26.3 Å². The summed E-state index contributed by atoms with van der Waals surface area (Å²) in [5.41, 5.74) is 3.05. The third-order valence-corrected chi connectivity index (χ3v) is 3.16. The van der Waals surface area contributed by atoms with Crippen LogP contribution in [0.3, 0.4) is 0 Å². The van der Waals surface area contributed by atoms with Gasteiger partial charge in [0.2, 0.25) is 5.78 Å². The van der Waals surface area contributed by atoms with Gasteiger partial charge in [0.05, 0.1) is 0 Å². The van der Waals surface area contributed by atoms with Gasteiger partial charge in [0.25, 0.3) is 0 Å². The van der Waals surface area contributed by atoms with Gasteiger partial charge < -0.3 is 4.74 Å². The first-order chi connectivity index (χ1) is 9.72. The van der Waals surface area contributed by atoms with Gasteiger partial charge in [-0.25, -0.2) is 0 Å². The fourth-order valence-electron chi connectivity index (χ4n) is 2.05. The first kappa shape index (κ1) is 12.4. The summed E-state index contributed by atoms with van der Waals surface area (Å²) in [6.07, 6.45) is 3.31. The number of carbonyl (C=O) groups is 1. The molecule has 0 spiro atoms. The maximum atomic E-state index is 12.0. The molecule has 0 saturated heterocycles. The highest BCUT2D eigenvalue weighted by Gasteiger charge is 2.21. The van der Waals surface area contributed by atoms with E-state index in [4.69, 9.17) is 4.74 Å². The molecular formula is C18H14O2. The van der Waals surface area contributed by atoms with Crippen molar-refractivity contribution in [2.45, 2.75) is 6.92 Å². The van der Waals surface area contributed by atoms with Gasteiger partial charge in [-0.3, -0.25) is 4.79 Å². The Labute approximate surface area is 118 Å². The molecule has 0 aliphatic carbocycles. The molecule has 2 aromatic rings. The Hall–Kier alpha value is -2.61. The van der Waals surface area contributed by atoms with Crippen LogP contribution in [-0.4, -0.2) is 5.78 Å². The van der Waals surface area contributed by atoms with E-state index < -0.39 is 0 Å². The van der Waals surface area contributed by atoms with Crippen molar-refractivity contribution in [2.24, 2.45) is 0 Å². The molecular weight excluding hydrogens is 248 g/mol. The molecule has 2 aromatic carbocycles. The monoisotopic (exact) mass is 262 g/mol. The maximum Gasteiger partial charge on any atom is 0.224 e. The number of hydrogen-bond donors (Lipinski definition) is 0. The molecule has 2 nitrogen and oxygen atoms in total. The highest BCUT2D eigenvalue weighted by molar-refractivity contribution is 6.12. The molecule has 0 amide bonds. The molecule has 3 rings (SSSR count). The molecule has 2 heteroatoms. The Bertz CT molecular complexity index is 692. The van der Waals surface area contributed by atoms with E-state index in [0.717, 1.165) is 11.1 Å². The van der Waals surface area contributed by atoms with Crippen LogP contribution < -0.4 is 0 Å². The second-order valence-electron chi connectivity index (χ2n) is 4.76. The maximum absolute atomic E-state index is 12.0. The van der Waals surface area contributed by atoms with Crippen molar-refractivity contribution >= 4 is 17.6 Å². The van der Waals surface area contributed by atoms with Gasteiger partial charge in [-0.15, -0.1) is 0 Å². The molecule has 98 valence electrons. The number of rotatable bonds is 2. The second-order valence-corrected chi connectivity index (χ2v) is 4.76. The Morgan fingerprint density at radius 2 is 1.65 bits per heavy atom. The van der Waals surface area contributed by atoms with Crippen LogP contribution in [0.1, 0.15) is 16.7 Å². The summed E-state index contributed by atoms with van der Waals surface area (Å²) in [5, 5.41) is 0. The van der Waals surface area contributed by atoms with Crippen molar-refractivity contribution in [3.63, 3.8) is 0 Å². The van der Waals surface area contributed by atoms with Crippen LogP contribution in [0.25, 0.3) is 11.8 Å². The standard InChI is InChI=1S/C18H14O2/c1-13-7-9-15(10-8-13)17-12-16(19)18(20-17)11-14-5-3-2-4-6-14/h2-12H,1H3/b18-11-. The van der Waals surface area contributed by atoms with E-state index in [1.165, 1.54) is 5.56 Å². The van der Waals surface area contributed by atoms with Crippen LogP contribution in [0.5, 0.6) is 0 Å². The van der Waals surface area contributed by atoms with E-state index in [1.807, 2.05) is 61.5 Å². The minimum Gasteiger partial charge on any atom is -0.452 e. The summed E-state index contributed by atoms with van der Waals surface area (Å²) in [5.74, 6) is 0.883. The van der Waals surface area contributed by atoms with E-state index in [1.54, 1.807) is 12.2 Å². The van der Waals surface area contributed by atoms with Crippen LogP contribution in [0.15, 0.2) is 66.4 Å². The SMILES string of the molecule is Cc1ccc(C2=CC(=O)/C(=C/c3ccccc3)O2)cc1. The number of benzene rings is 2. The Balaban J connectivity index is 1.86. The molecule has 1 aliphatic rings. The van der Waals surface area contributed by atoms with Crippen LogP contribution >= 0.6 is 0 Å². The molecule has 0 radical (unpaired) electrons. The lowest BCUT2D eigenvalue weighted by atomic mass is 10.1. The van der Waals surface area contributed by atoms with Crippen molar-refractivity contribution in [3.05, 3.63) is 83.1 Å². The highest BCUT2D eigenvalue weighted by atomic mass is 16.5. The average molecular weight is 262 g/mol. The van der Waals surface area contributed by atoms with Crippen molar-refractivity contribution in [1.29, 1.82) is 0 Å². The van der Waals surface area contributed by atoms with E-state index >= 15 is 0 Å². The fourth-order valence-corrected chi connectivity index (χ4v) is 2.05. The molecule has 0 saturated carbocycles. The van der Waals surface area contributed by atoms with Crippen LogP contribution in [0.4, 0.5) is 0 Å². The zero-order valence-electron chi connectivity index (χ0n) is 11.2. The number of allylic oxidation sites excluding steroid dienone is 1. The van der Waals surface area contributed by atoms with E-state index in [-0.39, 0.29) is 5.78 Å². The van der Waals surface area contributed by atoms with Crippen molar-refractivity contribution < 1.29 is 9.53 Å². The van der Waals surface area contributed by atoms with Crippen molar-refractivity contribution in [1.82, 2.24) is 0 Å². The number of ether oxygens (including phenoxy) is 1. The number of carbonyl (C=O) groups excluding carboxylic acids is 1. The Morgan fingerprint density at radius 3 is 2.35 bits per heavy atom. The van der Waals surface area contributed by atoms with Crippen molar-refractivity contribution in [3.8, 4) is 0 Å². The molecule has 20 heavy (non-hydrogen) atoms. The van der Waals surface area contributed by atoms with E-state index in [2.05, 4.69) is 0 Å². The summed E-state index contributed by atoms with van der Waals surface area (Å²) in [6.45, 7) is 2.03. The quantitative estimate of drug-likeness (QED) is 0.765. The van der Waals surface area contributed by atoms with Gasteiger partial charge in [0.1, 0.15) is 5.76 Å². The van der Waals surface area contributed by atoms with Gasteiger partial charge in [-0.05, 0) is 18.6 Å². The first-order valence-corrected chi connectivity index (χ1v) is 6.50. The summed E-state index contributed by atoms with van der Waals surface area (Å²) in [7, 11) is 0. The third-order valence-electron chi connectivity index (χ3n) is 3.16. The average Bonchev–Trinajstić information content (AvgIpc) is 2.82. The van der Waals surface area contributed by atoms with Gasteiger partial charge in [-0.2, -0.15) is 0 Å². The third kappa shape index (κ3) is 2.54. The summed E-state index contributed by atoms with van der Waals surface area (Å²) >= 11 is 0. The first-order valence-electron chi connectivity index (χ1n) is 6.50. The zero-order chi connectivity index (χ0) is 13.9. The minimum atomic E-state index is -0.0931. The summed E-state index contributed by atoms with van der Waals surface area (Å²) in [6, 6.07) is 17.6. The molecule has 0 N–H and O–H groups in total. The molecule has 1 heterocycles. The predicted molar refractivity (Wildman–Crippen MR) is 79.7 cm³/mol. The van der Waals surface area contributed by atoms with Gasteiger partial charge in [0.15, 0.2) is 5.76 Å². The molecule has 0 unspecified atom stereocenters. The Kier molecular flexibility index (Phi) is 3.21. The Morgan fingerprint density at radius 1 is 0.950 bits per heavy atom. The normalized spacial score (nSPS) is 16.1. The molecule has 0 aromatic heterocycles. The van der Waals surface area contributed by atoms with Gasteiger partial charge in [-0.1, -0.05) is 60.2 Å². The van der Waals surface area contributed by atoms with Crippen LogP contribution in [-0.2, 0) is 9.53 Å². The molecule has 0 atom stereocenters. The number of aryl methyl sites for hydroxylation is 1. The molecule has 0 fully saturated rings. The number of hydrogen-bond acceptors (Lipinski definition) is 2. The van der Waals surface area contributed by atoms with Crippen LogP contribution in [0.2, 0.25) is 0 Å². The van der Waals surface area contributed by atoms with Gasteiger partial charge in [0, 0.05) is 11.6 Å². The predicted octanol–water partition coefficient (Wildman–Crippen LogP) is 3.98. The van der Waals surface area contributed by atoms with E-state index in [9.17, 15) is 4.79 Å². The molecule has 0 bridgehead atoms. The highest BCUT2D eigenvalue weighted by Crippen LogP contribution is 2.27. The van der Waals surface area contributed by atoms with Crippen molar-refractivity contribution in [2.75, 3.05) is 0 Å². The summed E-state index contributed by atoms with van der Waals surface area (Å²) < 4.78 is 5.68. The summed E-state index contributed by atoms with van der Waals surface area (Å²) in [4.78, 5) is 12.0. The van der Waals surface area contributed by atoms with E-state index in [0.29, 0.717) is 11.5 Å². The van der Waals surface area contributed by atoms with Gasteiger partial charge >= 0.3 is 0 Å². The second kappa shape index (κ2) is 5.17. The number of ketones is 1. The lowest BCUT2D eigenvalue weighted by molar-refractivity contribution is -0.112. The largest absolute Gasteiger partial charge is 0.452 e. The molecule has 1 aliphatic heterocycles. The lowest BCUT2D eigenvalue weighted by Crippen LogP contribution is -1.93. The minimum absolute atomic E-state index is 0.0931. The van der Waals surface area contributed by atoms with Crippen LogP contribution in [0, 0.1) is 6.92 Å². The fraction of sp³-hybridized carbons (Fsp3) is 0.0556.